The second-order valence-electron chi connectivity index (χ2n) is 5.13. The molecule has 1 aromatic rings. The highest BCUT2D eigenvalue weighted by Gasteiger charge is 2.34. The predicted octanol–water partition coefficient (Wildman–Crippen LogP) is 1.23. The quantitative estimate of drug-likeness (QED) is 0.908. The molecular formula is C13H20FN3O2S. The Bertz CT molecular complexity index is 564. The third kappa shape index (κ3) is 2.99. The molecule has 0 aromatic carbocycles. The fraction of sp³-hybridized carbons (Fsp3) is 0.615. The zero-order chi connectivity index (χ0) is 14.8. The topological polar surface area (TPSA) is 62.3 Å². The number of piperidine rings is 1. The third-order valence-corrected chi connectivity index (χ3v) is 5.69. The Kier molecular flexibility index (Phi) is 4.72. The molecule has 1 N–H and O–H groups in total. The monoisotopic (exact) mass is 301 g/mol. The fourth-order valence-corrected chi connectivity index (χ4v) is 4.03. The molecule has 7 heteroatoms. The zero-order valence-electron chi connectivity index (χ0n) is 11.7. The summed E-state index contributed by atoms with van der Waals surface area (Å²) in [4.78, 5) is 3.69. The normalized spacial score (nSPS) is 22.6. The standard InChI is InChI=1S/C13H20FN3O2S/c1-10(15-2)11-5-4-8-17(9-11)20(18,19)13-12(14)6-3-7-16-13/h3,6-7,10-11,15H,4-5,8-9H2,1-2H3. The number of rotatable bonds is 4. The second-order valence-corrected chi connectivity index (χ2v) is 6.99. The van der Waals surface area contributed by atoms with Gasteiger partial charge in [0, 0.05) is 25.3 Å². The van der Waals surface area contributed by atoms with Crippen molar-refractivity contribution in [2.45, 2.75) is 30.8 Å². The van der Waals surface area contributed by atoms with Crippen molar-refractivity contribution in [3.63, 3.8) is 0 Å². The Morgan fingerprint density at radius 1 is 1.55 bits per heavy atom. The van der Waals surface area contributed by atoms with Crippen LogP contribution in [0.1, 0.15) is 19.8 Å². The average molecular weight is 301 g/mol. The molecule has 1 saturated heterocycles. The van der Waals surface area contributed by atoms with E-state index < -0.39 is 20.9 Å². The van der Waals surface area contributed by atoms with Crippen LogP contribution in [0, 0.1) is 11.7 Å². The molecule has 0 radical (unpaired) electrons. The number of nitrogens with one attached hydrogen (secondary N) is 1. The van der Waals surface area contributed by atoms with E-state index in [-0.39, 0.29) is 12.0 Å². The van der Waals surface area contributed by atoms with Gasteiger partial charge >= 0.3 is 0 Å². The zero-order valence-corrected chi connectivity index (χ0v) is 12.5. The van der Waals surface area contributed by atoms with E-state index in [1.54, 1.807) is 0 Å². The van der Waals surface area contributed by atoms with E-state index in [1.807, 2.05) is 14.0 Å². The first kappa shape index (κ1) is 15.3. The predicted molar refractivity (Wildman–Crippen MR) is 74.2 cm³/mol. The SMILES string of the molecule is CNC(C)C1CCCN(S(=O)(=O)c2ncccc2F)C1. The minimum Gasteiger partial charge on any atom is -0.317 e. The van der Waals surface area contributed by atoms with Crippen LogP contribution in [-0.2, 0) is 10.0 Å². The molecule has 0 spiro atoms. The molecular weight excluding hydrogens is 281 g/mol. The van der Waals surface area contributed by atoms with E-state index in [0.717, 1.165) is 18.9 Å². The van der Waals surface area contributed by atoms with Crippen molar-refractivity contribution < 1.29 is 12.8 Å². The first-order valence-corrected chi connectivity index (χ1v) is 8.18. The molecule has 2 unspecified atom stereocenters. The van der Waals surface area contributed by atoms with E-state index in [0.29, 0.717) is 13.1 Å². The van der Waals surface area contributed by atoms with Crippen molar-refractivity contribution >= 4 is 10.0 Å². The van der Waals surface area contributed by atoms with Gasteiger partial charge in [-0.2, -0.15) is 4.31 Å². The summed E-state index contributed by atoms with van der Waals surface area (Å²) in [5.41, 5.74) is 0. The summed E-state index contributed by atoms with van der Waals surface area (Å²) < 4.78 is 40.0. The minimum atomic E-state index is -3.85. The molecule has 1 aliphatic heterocycles. The lowest BCUT2D eigenvalue weighted by Crippen LogP contribution is -2.46. The average Bonchev–Trinajstić information content (AvgIpc) is 2.47. The molecule has 2 atom stereocenters. The van der Waals surface area contributed by atoms with Crippen molar-refractivity contribution in [2.24, 2.45) is 5.92 Å². The van der Waals surface area contributed by atoms with Crippen LogP contribution < -0.4 is 5.32 Å². The number of hydrogen-bond acceptors (Lipinski definition) is 4. The van der Waals surface area contributed by atoms with Crippen molar-refractivity contribution in [3.8, 4) is 0 Å². The Labute approximate surface area is 119 Å². The van der Waals surface area contributed by atoms with Gasteiger partial charge in [0.1, 0.15) is 0 Å². The van der Waals surface area contributed by atoms with Crippen LogP contribution in [0.2, 0.25) is 0 Å². The molecule has 2 heterocycles. The van der Waals surface area contributed by atoms with Gasteiger partial charge in [-0.05, 0) is 44.9 Å². The van der Waals surface area contributed by atoms with Crippen molar-refractivity contribution in [1.82, 2.24) is 14.6 Å². The van der Waals surface area contributed by atoms with Gasteiger partial charge in [0.25, 0.3) is 10.0 Å². The van der Waals surface area contributed by atoms with Crippen LogP contribution in [0.4, 0.5) is 4.39 Å². The van der Waals surface area contributed by atoms with Crippen LogP contribution >= 0.6 is 0 Å². The van der Waals surface area contributed by atoms with Gasteiger partial charge in [0.2, 0.25) is 5.03 Å². The molecule has 0 aliphatic carbocycles. The van der Waals surface area contributed by atoms with E-state index in [2.05, 4.69) is 10.3 Å². The molecule has 5 nitrogen and oxygen atoms in total. The molecule has 0 saturated carbocycles. The van der Waals surface area contributed by atoms with Gasteiger partial charge in [0.05, 0.1) is 0 Å². The van der Waals surface area contributed by atoms with Gasteiger partial charge in [0.15, 0.2) is 5.82 Å². The fourth-order valence-electron chi connectivity index (χ4n) is 2.52. The minimum absolute atomic E-state index is 0.224. The Hall–Kier alpha value is -1.05. The van der Waals surface area contributed by atoms with Crippen molar-refractivity contribution in [1.29, 1.82) is 0 Å². The maximum atomic E-state index is 13.7. The molecule has 1 fully saturated rings. The van der Waals surface area contributed by atoms with E-state index in [4.69, 9.17) is 0 Å². The maximum Gasteiger partial charge on any atom is 0.263 e. The third-order valence-electron chi connectivity index (χ3n) is 3.89. The first-order chi connectivity index (χ1) is 9.46. The van der Waals surface area contributed by atoms with Crippen LogP contribution in [0.3, 0.4) is 0 Å². The smallest absolute Gasteiger partial charge is 0.263 e. The highest BCUT2D eigenvalue weighted by atomic mass is 32.2. The summed E-state index contributed by atoms with van der Waals surface area (Å²) in [5, 5.41) is 2.67. The number of aromatic nitrogens is 1. The molecule has 112 valence electrons. The Morgan fingerprint density at radius 3 is 2.95 bits per heavy atom. The van der Waals surface area contributed by atoms with Gasteiger partial charge in [-0.25, -0.2) is 17.8 Å². The van der Waals surface area contributed by atoms with Gasteiger partial charge in [-0.3, -0.25) is 0 Å². The lowest BCUT2D eigenvalue weighted by atomic mass is 9.93. The number of halogens is 1. The molecule has 1 aliphatic rings. The number of sulfonamides is 1. The summed E-state index contributed by atoms with van der Waals surface area (Å²) in [7, 11) is -1.99. The summed E-state index contributed by atoms with van der Waals surface area (Å²) >= 11 is 0. The molecule has 0 amide bonds. The summed E-state index contributed by atoms with van der Waals surface area (Å²) in [6.45, 7) is 2.85. The van der Waals surface area contributed by atoms with Gasteiger partial charge < -0.3 is 5.32 Å². The van der Waals surface area contributed by atoms with Crippen molar-refractivity contribution in [3.05, 3.63) is 24.1 Å². The summed E-state index contributed by atoms with van der Waals surface area (Å²) in [6.07, 6.45) is 3.05. The van der Waals surface area contributed by atoms with Crippen molar-refractivity contribution in [2.75, 3.05) is 20.1 Å². The molecule has 1 aromatic heterocycles. The largest absolute Gasteiger partial charge is 0.317 e. The maximum absolute atomic E-state index is 13.7. The molecule has 20 heavy (non-hydrogen) atoms. The summed E-state index contributed by atoms with van der Waals surface area (Å²) in [5.74, 6) is -0.563. The highest BCUT2D eigenvalue weighted by Crippen LogP contribution is 2.25. The number of pyridine rings is 1. The van der Waals surface area contributed by atoms with E-state index in [1.165, 1.54) is 16.6 Å². The van der Waals surface area contributed by atoms with Gasteiger partial charge in [-0.15, -0.1) is 0 Å². The molecule has 0 bridgehead atoms. The van der Waals surface area contributed by atoms with E-state index >= 15 is 0 Å². The van der Waals surface area contributed by atoms with Crippen LogP contribution in [0.15, 0.2) is 23.4 Å². The number of nitrogens with zero attached hydrogens (tertiary/aromatic N) is 2. The summed E-state index contributed by atoms with van der Waals surface area (Å²) in [6, 6.07) is 2.73. The van der Waals surface area contributed by atoms with E-state index in [9.17, 15) is 12.8 Å². The molecule has 2 rings (SSSR count). The Morgan fingerprint density at radius 2 is 2.30 bits per heavy atom. The van der Waals surface area contributed by atoms with Crippen LogP contribution in [0.25, 0.3) is 0 Å². The first-order valence-electron chi connectivity index (χ1n) is 6.74. The lowest BCUT2D eigenvalue weighted by molar-refractivity contribution is 0.228. The Balaban J connectivity index is 2.24. The second kappa shape index (κ2) is 6.15. The lowest BCUT2D eigenvalue weighted by Gasteiger charge is -2.34. The van der Waals surface area contributed by atoms with Crippen LogP contribution in [0.5, 0.6) is 0 Å². The number of hydrogen-bond donors (Lipinski definition) is 1. The van der Waals surface area contributed by atoms with Gasteiger partial charge in [-0.1, -0.05) is 0 Å². The highest BCUT2D eigenvalue weighted by molar-refractivity contribution is 7.89. The van der Waals surface area contributed by atoms with Crippen LogP contribution in [-0.4, -0.2) is 43.9 Å².